The first-order valence-electron chi connectivity index (χ1n) is 4.82. The van der Waals surface area contributed by atoms with E-state index in [0.29, 0.717) is 21.7 Å². The van der Waals surface area contributed by atoms with Crippen molar-refractivity contribution in [1.29, 1.82) is 0 Å². The molecule has 2 aromatic rings. The highest BCUT2D eigenvalue weighted by molar-refractivity contribution is 9.10. The molecule has 0 unspecified atom stereocenters. The van der Waals surface area contributed by atoms with Crippen LogP contribution in [0.4, 0.5) is 5.69 Å². The second-order valence-corrected chi connectivity index (χ2v) is 4.79. The lowest BCUT2D eigenvalue weighted by Crippen LogP contribution is -2.21. The molecule has 0 bridgehead atoms. The molecule has 0 spiro atoms. The molecule has 0 aliphatic heterocycles. The van der Waals surface area contributed by atoms with Crippen LogP contribution in [0.1, 0.15) is 5.56 Å². The fourth-order valence-corrected chi connectivity index (χ4v) is 2.01. The van der Waals surface area contributed by atoms with Gasteiger partial charge in [-0.3, -0.25) is 9.36 Å². The quantitative estimate of drug-likeness (QED) is 0.865. The van der Waals surface area contributed by atoms with Crippen molar-refractivity contribution in [2.45, 2.75) is 6.54 Å². The van der Waals surface area contributed by atoms with Crippen molar-refractivity contribution in [3.63, 3.8) is 0 Å². The van der Waals surface area contributed by atoms with Crippen molar-refractivity contribution in [1.82, 2.24) is 9.55 Å². The van der Waals surface area contributed by atoms with E-state index in [4.69, 9.17) is 17.3 Å². The number of benzene rings is 1. The van der Waals surface area contributed by atoms with Gasteiger partial charge in [-0.1, -0.05) is 17.7 Å². The van der Waals surface area contributed by atoms with E-state index in [-0.39, 0.29) is 5.56 Å². The summed E-state index contributed by atoms with van der Waals surface area (Å²) in [6, 6.07) is 5.20. The van der Waals surface area contributed by atoms with E-state index in [1.807, 2.05) is 0 Å². The number of nitrogen functional groups attached to an aromatic ring is 1. The van der Waals surface area contributed by atoms with Crippen LogP contribution in [0.5, 0.6) is 0 Å². The summed E-state index contributed by atoms with van der Waals surface area (Å²) in [5.74, 6) is 0. The predicted molar refractivity (Wildman–Crippen MR) is 71.2 cm³/mol. The third kappa shape index (κ3) is 2.68. The SMILES string of the molecule is Nc1ccc(Cn2cncc(Br)c2=O)c(Cl)c1. The van der Waals surface area contributed by atoms with E-state index >= 15 is 0 Å². The highest BCUT2D eigenvalue weighted by Crippen LogP contribution is 2.19. The lowest BCUT2D eigenvalue weighted by molar-refractivity contribution is 0.731. The van der Waals surface area contributed by atoms with E-state index in [1.165, 1.54) is 17.1 Å². The second-order valence-electron chi connectivity index (χ2n) is 3.53. The summed E-state index contributed by atoms with van der Waals surface area (Å²) >= 11 is 9.18. The lowest BCUT2D eigenvalue weighted by Gasteiger charge is -2.07. The van der Waals surface area contributed by atoms with Crippen LogP contribution in [-0.4, -0.2) is 9.55 Å². The summed E-state index contributed by atoms with van der Waals surface area (Å²) in [7, 11) is 0. The molecule has 0 saturated carbocycles. The number of nitrogens with zero attached hydrogens (tertiary/aromatic N) is 2. The van der Waals surface area contributed by atoms with Crippen LogP contribution in [0, 0.1) is 0 Å². The van der Waals surface area contributed by atoms with Gasteiger partial charge in [0.05, 0.1) is 12.9 Å². The van der Waals surface area contributed by atoms with E-state index in [2.05, 4.69) is 20.9 Å². The fraction of sp³-hybridized carbons (Fsp3) is 0.0909. The van der Waals surface area contributed by atoms with Crippen molar-refractivity contribution in [3.05, 3.63) is 56.1 Å². The Morgan fingerprint density at radius 1 is 1.47 bits per heavy atom. The minimum Gasteiger partial charge on any atom is -0.399 e. The van der Waals surface area contributed by atoms with Crippen LogP contribution < -0.4 is 11.3 Å². The molecule has 6 heteroatoms. The predicted octanol–water partition coefficient (Wildman–Crippen LogP) is 2.29. The molecule has 1 heterocycles. The van der Waals surface area contributed by atoms with Crippen molar-refractivity contribution in [3.8, 4) is 0 Å². The standard InChI is InChI=1S/C11H9BrClN3O/c12-9-4-15-6-16(11(9)17)5-7-1-2-8(14)3-10(7)13/h1-4,6H,5,14H2. The topological polar surface area (TPSA) is 60.9 Å². The molecule has 4 nitrogen and oxygen atoms in total. The largest absolute Gasteiger partial charge is 0.399 e. The zero-order chi connectivity index (χ0) is 12.4. The van der Waals surface area contributed by atoms with Gasteiger partial charge >= 0.3 is 0 Å². The van der Waals surface area contributed by atoms with Crippen LogP contribution in [-0.2, 0) is 6.54 Å². The van der Waals surface area contributed by atoms with E-state index < -0.39 is 0 Å². The van der Waals surface area contributed by atoms with Gasteiger partial charge in [-0.05, 0) is 33.6 Å². The highest BCUT2D eigenvalue weighted by atomic mass is 79.9. The van der Waals surface area contributed by atoms with Crippen LogP contribution in [0.3, 0.4) is 0 Å². The molecule has 17 heavy (non-hydrogen) atoms. The van der Waals surface area contributed by atoms with Gasteiger partial charge in [0, 0.05) is 16.9 Å². The van der Waals surface area contributed by atoms with E-state index in [0.717, 1.165) is 5.56 Å². The first kappa shape index (κ1) is 12.1. The summed E-state index contributed by atoms with van der Waals surface area (Å²) in [5, 5.41) is 0.539. The Morgan fingerprint density at radius 3 is 2.94 bits per heavy atom. The number of aromatic nitrogens is 2. The van der Waals surface area contributed by atoms with Gasteiger partial charge in [-0.15, -0.1) is 0 Å². The van der Waals surface area contributed by atoms with Crippen molar-refractivity contribution < 1.29 is 0 Å². The summed E-state index contributed by atoms with van der Waals surface area (Å²) in [6.45, 7) is 0.365. The Hall–Kier alpha value is -1.33. The van der Waals surface area contributed by atoms with E-state index in [9.17, 15) is 4.79 Å². The third-order valence-electron chi connectivity index (χ3n) is 2.28. The minimum atomic E-state index is -0.145. The molecule has 0 aliphatic carbocycles. The van der Waals surface area contributed by atoms with Crippen LogP contribution in [0.25, 0.3) is 0 Å². The first-order valence-corrected chi connectivity index (χ1v) is 5.99. The average Bonchev–Trinajstić information content (AvgIpc) is 2.28. The van der Waals surface area contributed by atoms with Crippen LogP contribution >= 0.6 is 27.5 Å². The fourth-order valence-electron chi connectivity index (χ4n) is 1.41. The smallest absolute Gasteiger partial charge is 0.267 e. The molecule has 0 saturated heterocycles. The monoisotopic (exact) mass is 313 g/mol. The Kier molecular flexibility index (Phi) is 3.49. The van der Waals surface area contributed by atoms with Gasteiger partial charge in [-0.2, -0.15) is 0 Å². The van der Waals surface area contributed by atoms with Gasteiger partial charge in [0.15, 0.2) is 0 Å². The first-order chi connectivity index (χ1) is 8.08. The van der Waals surface area contributed by atoms with Crippen LogP contribution in [0.2, 0.25) is 5.02 Å². The van der Waals surface area contributed by atoms with Gasteiger partial charge in [-0.25, -0.2) is 4.98 Å². The molecule has 0 radical (unpaired) electrons. The molecule has 2 rings (SSSR count). The maximum absolute atomic E-state index is 11.8. The number of hydrogen-bond acceptors (Lipinski definition) is 3. The van der Waals surface area contributed by atoms with Crippen molar-refractivity contribution in [2.75, 3.05) is 5.73 Å². The second kappa shape index (κ2) is 4.89. The van der Waals surface area contributed by atoms with Crippen molar-refractivity contribution >= 4 is 33.2 Å². The maximum atomic E-state index is 11.8. The van der Waals surface area contributed by atoms with Gasteiger partial charge < -0.3 is 5.73 Å². The third-order valence-corrected chi connectivity index (χ3v) is 3.17. The molecule has 0 fully saturated rings. The molecule has 88 valence electrons. The highest BCUT2D eigenvalue weighted by Gasteiger charge is 2.05. The molecule has 0 aliphatic rings. The number of hydrogen-bond donors (Lipinski definition) is 1. The van der Waals surface area contributed by atoms with Gasteiger partial charge in [0.1, 0.15) is 4.47 Å². The maximum Gasteiger partial charge on any atom is 0.267 e. The zero-order valence-corrected chi connectivity index (χ0v) is 11.1. The Balaban J connectivity index is 2.38. The normalized spacial score (nSPS) is 10.5. The average molecular weight is 315 g/mol. The molecular weight excluding hydrogens is 305 g/mol. The minimum absolute atomic E-state index is 0.145. The molecule has 2 N–H and O–H groups in total. The zero-order valence-electron chi connectivity index (χ0n) is 8.73. The number of halogens is 2. The Labute approximate surface area is 111 Å². The Bertz CT molecular complexity index is 612. The summed E-state index contributed by atoms with van der Waals surface area (Å²) in [5.41, 5.74) is 6.87. The Morgan fingerprint density at radius 2 is 2.24 bits per heavy atom. The molecule has 1 aromatic heterocycles. The molecule has 1 aromatic carbocycles. The molecule has 0 amide bonds. The van der Waals surface area contributed by atoms with Gasteiger partial charge in [0.25, 0.3) is 5.56 Å². The summed E-state index contributed by atoms with van der Waals surface area (Å²) in [4.78, 5) is 15.7. The summed E-state index contributed by atoms with van der Waals surface area (Å²) in [6.07, 6.45) is 2.93. The lowest BCUT2D eigenvalue weighted by atomic mass is 10.2. The number of anilines is 1. The number of rotatable bonds is 2. The summed E-state index contributed by atoms with van der Waals surface area (Å²) < 4.78 is 1.90. The molecular formula is C11H9BrClN3O. The van der Waals surface area contributed by atoms with Crippen molar-refractivity contribution in [2.24, 2.45) is 0 Å². The molecule has 0 atom stereocenters. The van der Waals surface area contributed by atoms with Crippen LogP contribution in [0.15, 0.2) is 40.0 Å². The number of nitrogens with two attached hydrogens (primary N) is 1. The van der Waals surface area contributed by atoms with Gasteiger partial charge in [0.2, 0.25) is 0 Å². The van der Waals surface area contributed by atoms with E-state index in [1.54, 1.807) is 18.2 Å².